The van der Waals surface area contributed by atoms with Gasteiger partial charge in [-0.15, -0.1) is 0 Å². The van der Waals surface area contributed by atoms with Gasteiger partial charge < -0.3 is 5.32 Å². The number of likely N-dealkylation sites (N-methyl/N-ethyl adjacent to an activating group) is 1. The predicted molar refractivity (Wildman–Crippen MR) is 69.9 cm³/mol. The van der Waals surface area contributed by atoms with Crippen LogP contribution in [0.25, 0.3) is 0 Å². The average Bonchev–Trinajstić information content (AvgIpc) is 2.73. The summed E-state index contributed by atoms with van der Waals surface area (Å²) in [6.45, 7) is 2.12. The number of rotatable bonds is 4. The third-order valence-corrected chi connectivity index (χ3v) is 2.96. The van der Waals surface area contributed by atoms with Crippen molar-refractivity contribution in [2.24, 2.45) is 7.05 Å². The van der Waals surface area contributed by atoms with Gasteiger partial charge in [0, 0.05) is 13.2 Å². The maximum atomic E-state index is 4.45. The number of aryl methyl sites for hydroxylation is 2. The van der Waals surface area contributed by atoms with E-state index in [1.807, 2.05) is 25.0 Å². The van der Waals surface area contributed by atoms with Gasteiger partial charge in [0.15, 0.2) is 0 Å². The van der Waals surface area contributed by atoms with Crippen LogP contribution >= 0.6 is 0 Å². The van der Waals surface area contributed by atoms with Gasteiger partial charge in [-0.3, -0.25) is 4.68 Å². The quantitative estimate of drug-likeness (QED) is 0.871. The molecule has 0 fully saturated rings. The van der Waals surface area contributed by atoms with Gasteiger partial charge in [-0.1, -0.05) is 29.8 Å². The van der Waals surface area contributed by atoms with Crippen molar-refractivity contribution in [3.63, 3.8) is 0 Å². The molecule has 1 heterocycles. The Labute approximate surface area is 102 Å². The third kappa shape index (κ3) is 2.94. The number of benzene rings is 1. The fourth-order valence-corrected chi connectivity index (χ4v) is 2.05. The lowest BCUT2D eigenvalue weighted by atomic mass is 10.0. The number of nitrogens with zero attached hydrogens (tertiary/aromatic N) is 2. The summed E-state index contributed by atoms with van der Waals surface area (Å²) in [5.74, 6) is 0. The molecule has 0 aliphatic rings. The zero-order chi connectivity index (χ0) is 12.3. The number of aromatic nitrogens is 2. The van der Waals surface area contributed by atoms with E-state index in [2.05, 4.69) is 47.7 Å². The van der Waals surface area contributed by atoms with E-state index in [9.17, 15) is 0 Å². The molecule has 1 unspecified atom stereocenters. The Morgan fingerprint density at radius 1 is 1.35 bits per heavy atom. The van der Waals surface area contributed by atoms with Crippen LogP contribution in [-0.4, -0.2) is 16.8 Å². The molecule has 0 radical (unpaired) electrons. The van der Waals surface area contributed by atoms with Gasteiger partial charge in [0.1, 0.15) is 0 Å². The molecule has 1 aromatic heterocycles. The maximum Gasteiger partial charge on any atom is 0.0797 e. The zero-order valence-electron chi connectivity index (χ0n) is 10.6. The number of hydrogen-bond acceptors (Lipinski definition) is 2. The molecule has 17 heavy (non-hydrogen) atoms. The van der Waals surface area contributed by atoms with Crippen molar-refractivity contribution in [1.82, 2.24) is 15.1 Å². The summed E-state index contributed by atoms with van der Waals surface area (Å²) in [5, 5.41) is 7.78. The lowest BCUT2D eigenvalue weighted by Crippen LogP contribution is -2.19. The molecule has 0 spiro atoms. The van der Waals surface area contributed by atoms with E-state index in [1.54, 1.807) is 0 Å². The zero-order valence-corrected chi connectivity index (χ0v) is 10.6. The van der Waals surface area contributed by atoms with E-state index in [4.69, 9.17) is 0 Å². The van der Waals surface area contributed by atoms with Crippen molar-refractivity contribution >= 4 is 0 Å². The summed E-state index contributed by atoms with van der Waals surface area (Å²) in [6, 6.07) is 11.0. The van der Waals surface area contributed by atoms with Crippen LogP contribution in [0.5, 0.6) is 0 Å². The van der Waals surface area contributed by atoms with Crippen molar-refractivity contribution in [2.45, 2.75) is 19.4 Å². The van der Waals surface area contributed by atoms with Crippen molar-refractivity contribution in [3.05, 3.63) is 53.3 Å². The van der Waals surface area contributed by atoms with Crippen LogP contribution in [0.1, 0.15) is 22.9 Å². The minimum Gasteiger partial charge on any atom is -0.311 e. The lowest BCUT2D eigenvalue weighted by Gasteiger charge is -2.14. The Hall–Kier alpha value is -1.61. The molecule has 90 valence electrons. The number of nitrogens with one attached hydrogen (secondary N) is 1. The first kappa shape index (κ1) is 11.9. The minimum absolute atomic E-state index is 0.276. The SMILES string of the molecule is CNC(Cc1cccc(C)c1)c1ccn(C)n1. The first-order chi connectivity index (χ1) is 8.19. The van der Waals surface area contributed by atoms with Crippen LogP contribution < -0.4 is 5.32 Å². The largest absolute Gasteiger partial charge is 0.311 e. The highest BCUT2D eigenvalue weighted by atomic mass is 15.3. The van der Waals surface area contributed by atoms with Gasteiger partial charge in [-0.2, -0.15) is 5.10 Å². The van der Waals surface area contributed by atoms with Gasteiger partial charge in [0.25, 0.3) is 0 Å². The highest BCUT2D eigenvalue weighted by Gasteiger charge is 2.12. The summed E-state index contributed by atoms with van der Waals surface area (Å²) in [4.78, 5) is 0. The van der Waals surface area contributed by atoms with E-state index in [0.717, 1.165) is 12.1 Å². The Kier molecular flexibility index (Phi) is 3.59. The van der Waals surface area contributed by atoms with Gasteiger partial charge in [-0.05, 0) is 32.0 Å². The van der Waals surface area contributed by atoms with Crippen LogP contribution in [0.4, 0.5) is 0 Å². The van der Waals surface area contributed by atoms with Crippen molar-refractivity contribution in [1.29, 1.82) is 0 Å². The van der Waals surface area contributed by atoms with Crippen LogP contribution in [0.2, 0.25) is 0 Å². The minimum atomic E-state index is 0.276. The molecule has 3 nitrogen and oxygen atoms in total. The van der Waals surface area contributed by atoms with Crippen LogP contribution in [0, 0.1) is 6.92 Å². The molecule has 0 aliphatic heterocycles. The summed E-state index contributed by atoms with van der Waals surface area (Å²) < 4.78 is 1.84. The predicted octanol–water partition coefficient (Wildman–Crippen LogP) is 2.23. The van der Waals surface area contributed by atoms with E-state index in [0.29, 0.717) is 0 Å². The Bertz CT molecular complexity index is 488. The average molecular weight is 229 g/mol. The van der Waals surface area contributed by atoms with Gasteiger partial charge in [0.2, 0.25) is 0 Å². The molecule has 0 aliphatic carbocycles. The van der Waals surface area contributed by atoms with Crippen LogP contribution in [-0.2, 0) is 13.5 Å². The van der Waals surface area contributed by atoms with E-state index in [1.165, 1.54) is 11.1 Å². The van der Waals surface area contributed by atoms with Crippen LogP contribution in [0.3, 0.4) is 0 Å². The van der Waals surface area contributed by atoms with Gasteiger partial charge >= 0.3 is 0 Å². The molecular weight excluding hydrogens is 210 g/mol. The molecule has 3 heteroatoms. The van der Waals surface area contributed by atoms with Gasteiger partial charge in [-0.25, -0.2) is 0 Å². The molecule has 2 rings (SSSR count). The molecule has 2 aromatic rings. The Morgan fingerprint density at radius 3 is 2.76 bits per heavy atom. The highest BCUT2D eigenvalue weighted by molar-refractivity contribution is 5.24. The monoisotopic (exact) mass is 229 g/mol. The van der Waals surface area contributed by atoms with Crippen LogP contribution in [0.15, 0.2) is 36.5 Å². The Balaban J connectivity index is 2.15. The van der Waals surface area contributed by atoms with Gasteiger partial charge in [0.05, 0.1) is 11.7 Å². The smallest absolute Gasteiger partial charge is 0.0797 e. The third-order valence-electron chi connectivity index (χ3n) is 2.96. The second kappa shape index (κ2) is 5.15. The first-order valence-electron chi connectivity index (χ1n) is 5.91. The Morgan fingerprint density at radius 2 is 2.18 bits per heavy atom. The van der Waals surface area contributed by atoms with Crippen molar-refractivity contribution < 1.29 is 0 Å². The molecular formula is C14H19N3. The fourth-order valence-electron chi connectivity index (χ4n) is 2.05. The molecule has 0 saturated heterocycles. The standard InChI is InChI=1S/C14H19N3/c1-11-5-4-6-12(9-11)10-14(15-2)13-7-8-17(3)16-13/h4-9,14-15H,10H2,1-3H3. The molecule has 1 N–H and O–H groups in total. The molecule has 0 bridgehead atoms. The molecule has 1 aromatic carbocycles. The topological polar surface area (TPSA) is 29.9 Å². The fraction of sp³-hybridized carbons (Fsp3) is 0.357. The summed E-state index contributed by atoms with van der Waals surface area (Å²) in [5.41, 5.74) is 3.74. The maximum absolute atomic E-state index is 4.45. The molecule has 0 amide bonds. The number of hydrogen-bond donors (Lipinski definition) is 1. The van der Waals surface area contributed by atoms with E-state index >= 15 is 0 Å². The highest BCUT2D eigenvalue weighted by Crippen LogP contribution is 2.16. The summed E-state index contributed by atoms with van der Waals surface area (Å²) in [6.07, 6.45) is 2.95. The van der Waals surface area contributed by atoms with Crippen molar-refractivity contribution in [3.8, 4) is 0 Å². The van der Waals surface area contributed by atoms with E-state index in [-0.39, 0.29) is 6.04 Å². The summed E-state index contributed by atoms with van der Waals surface area (Å²) >= 11 is 0. The van der Waals surface area contributed by atoms with Crippen molar-refractivity contribution in [2.75, 3.05) is 7.05 Å². The molecule has 1 atom stereocenters. The second-order valence-electron chi connectivity index (χ2n) is 4.45. The lowest BCUT2D eigenvalue weighted by molar-refractivity contribution is 0.563. The first-order valence-corrected chi connectivity index (χ1v) is 5.91. The second-order valence-corrected chi connectivity index (χ2v) is 4.45. The summed E-state index contributed by atoms with van der Waals surface area (Å²) in [7, 11) is 3.93. The van der Waals surface area contributed by atoms with E-state index < -0.39 is 0 Å². The molecule has 0 saturated carbocycles. The normalized spacial score (nSPS) is 12.6.